The number of rotatable bonds is 3. The van der Waals surface area contributed by atoms with Gasteiger partial charge in [-0.2, -0.15) is 0 Å². The number of fused-ring (bicyclic) bond motifs is 1. The summed E-state index contributed by atoms with van der Waals surface area (Å²) in [5.41, 5.74) is 6.90. The van der Waals surface area contributed by atoms with Crippen LogP contribution in [0.1, 0.15) is 102 Å². The maximum Gasteiger partial charge on any atom is 0.132 e. The van der Waals surface area contributed by atoms with Crippen LogP contribution in [0.5, 0.6) is 0 Å². The quantitative estimate of drug-likeness (QED) is 0.501. The maximum absolute atomic E-state index is 11.8. The summed E-state index contributed by atoms with van der Waals surface area (Å²) in [4.78, 5) is 16.9. The van der Waals surface area contributed by atoms with E-state index in [1.54, 1.807) is 0 Å². The number of hydrogen-bond donors (Lipinski definition) is 0. The van der Waals surface area contributed by atoms with Gasteiger partial charge in [0.2, 0.25) is 0 Å². The fourth-order valence-corrected chi connectivity index (χ4v) is 5.53. The third kappa shape index (κ3) is 4.11. The van der Waals surface area contributed by atoms with Gasteiger partial charge in [0.25, 0.3) is 0 Å². The van der Waals surface area contributed by atoms with Crippen LogP contribution in [0.2, 0.25) is 0 Å². The van der Waals surface area contributed by atoms with Crippen molar-refractivity contribution in [2.24, 2.45) is 5.92 Å². The Labute approximate surface area is 182 Å². The van der Waals surface area contributed by atoms with E-state index in [2.05, 4.69) is 71.0 Å². The topological polar surface area (TPSA) is 30.0 Å². The van der Waals surface area contributed by atoms with Gasteiger partial charge in [-0.15, -0.1) is 0 Å². The molecule has 4 rings (SSSR count). The van der Waals surface area contributed by atoms with E-state index in [0.29, 0.717) is 17.6 Å². The van der Waals surface area contributed by atoms with Crippen molar-refractivity contribution in [3.8, 4) is 11.3 Å². The average molecular weight is 404 g/mol. The molecule has 2 aromatic rings. The van der Waals surface area contributed by atoms with E-state index in [-0.39, 0.29) is 10.8 Å². The smallest absolute Gasteiger partial charge is 0.132 e. The van der Waals surface area contributed by atoms with E-state index in [4.69, 9.17) is 4.98 Å². The SMILES string of the molecule is CC(c1cccc(-c2ccc3c(c2)C(C)(C)CCC3(C)C)n1)C1CCCC(=O)CC1. The first-order chi connectivity index (χ1) is 14.2. The molecule has 0 saturated heterocycles. The van der Waals surface area contributed by atoms with Gasteiger partial charge in [0, 0.05) is 30.0 Å². The zero-order valence-corrected chi connectivity index (χ0v) is 19.4. The molecule has 2 atom stereocenters. The zero-order chi connectivity index (χ0) is 21.5. The molecule has 2 aliphatic rings. The molecule has 0 amide bonds. The Bertz CT molecular complexity index is 939. The minimum absolute atomic E-state index is 0.207. The Morgan fingerprint density at radius 1 is 0.933 bits per heavy atom. The zero-order valence-electron chi connectivity index (χ0n) is 19.4. The molecule has 0 bridgehead atoms. The van der Waals surface area contributed by atoms with E-state index in [1.807, 2.05) is 0 Å². The molecule has 2 aliphatic carbocycles. The summed E-state index contributed by atoms with van der Waals surface area (Å²) < 4.78 is 0. The molecule has 2 unspecified atom stereocenters. The van der Waals surface area contributed by atoms with Crippen molar-refractivity contribution in [1.82, 2.24) is 4.98 Å². The molecule has 1 aromatic heterocycles. The lowest BCUT2D eigenvalue weighted by atomic mass is 9.63. The van der Waals surface area contributed by atoms with Gasteiger partial charge < -0.3 is 0 Å². The van der Waals surface area contributed by atoms with Crippen LogP contribution in [-0.4, -0.2) is 10.8 Å². The van der Waals surface area contributed by atoms with Gasteiger partial charge in [-0.1, -0.05) is 52.8 Å². The van der Waals surface area contributed by atoms with E-state index in [0.717, 1.165) is 37.8 Å². The summed E-state index contributed by atoms with van der Waals surface area (Å²) in [6.45, 7) is 11.8. The highest BCUT2D eigenvalue weighted by atomic mass is 16.1. The second-order valence-corrected chi connectivity index (χ2v) is 11.0. The third-order valence-corrected chi connectivity index (χ3v) is 7.92. The molecular formula is C28H37NO. The predicted octanol–water partition coefficient (Wildman–Crippen LogP) is 7.35. The first-order valence-electron chi connectivity index (χ1n) is 11.8. The van der Waals surface area contributed by atoms with Crippen LogP contribution in [0.15, 0.2) is 36.4 Å². The van der Waals surface area contributed by atoms with Gasteiger partial charge in [-0.25, -0.2) is 0 Å². The number of Topliss-reactive ketones (excluding diaryl/α,β-unsaturated/α-hetero) is 1. The molecule has 1 fully saturated rings. The predicted molar refractivity (Wildman–Crippen MR) is 125 cm³/mol. The summed E-state index contributed by atoms with van der Waals surface area (Å²) in [6, 6.07) is 13.5. The number of hydrogen-bond acceptors (Lipinski definition) is 2. The third-order valence-electron chi connectivity index (χ3n) is 7.92. The molecule has 1 heterocycles. The van der Waals surface area contributed by atoms with Crippen molar-refractivity contribution < 1.29 is 4.79 Å². The standard InChI is InChI=1S/C28H37NO/c1-19(20-8-6-9-22(30)14-12-20)25-10-7-11-26(29-25)21-13-15-23-24(18-21)28(4,5)17-16-27(23,2)3/h7,10-11,13,15,18-20H,6,8-9,12,14,16-17H2,1-5H3. The van der Waals surface area contributed by atoms with Crippen molar-refractivity contribution in [2.75, 3.05) is 0 Å². The van der Waals surface area contributed by atoms with Crippen LogP contribution < -0.4 is 0 Å². The molecule has 2 nitrogen and oxygen atoms in total. The van der Waals surface area contributed by atoms with Crippen LogP contribution in [-0.2, 0) is 15.6 Å². The fraction of sp³-hybridized carbons (Fsp3) is 0.571. The van der Waals surface area contributed by atoms with Crippen molar-refractivity contribution in [3.05, 3.63) is 53.2 Å². The number of carbonyl (C=O) groups excluding carboxylic acids is 1. The van der Waals surface area contributed by atoms with Crippen molar-refractivity contribution >= 4 is 5.78 Å². The highest BCUT2D eigenvalue weighted by Crippen LogP contribution is 2.46. The van der Waals surface area contributed by atoms with E-state index >= 15 is 0 Å². The number of benzene rings is 1. The van der Waals surface area contributed by atoms with Crippen molar-refractivity contribution in [2.45, 2.75) is 96.3 Å². The van der Waals surface area contributed by atoms with Gasteiger partial charge in [0.1, 0.15) is 5.78 Å². The molecule has 2 heteroatoms. The fourth-order valence-electron chi connectivity index (χ4n) is 5.53. The summed E-state index contributed by atoms with van der Waals surface area (Å²) in [6.07, 6.45) is 7.14. The second kappa shape index (κ2) is 7.94. The molecule has 0 aliphatic heterocycles. The number of carbonyl (C=O) groups is 1. The number of nitrogens with zero attached hydrogens (tertiary/aromatic N) is 1. The lowest BCUT2D eigenvalue weighted by molar-refractivity contribution is -0.118. The Morgan fingerprint density at radius 3 is 2.43 bits per heavy atom. The van der Waals surface area contributed by atoms with E-state index < -0.39 is 0 Å². The number of ketones is 1. The Morgan fingerprint density at radius 2 is 1.67 bits per heavy atom. The van der Waals surface area contributed by atoms with Crippen LogP contribution >= 0.6 is 0 Å². The van der Waals surface area contributed by atoms with E-state index in [1.165, 1.54) is 35.2 Å². The molecule has 0 spiro atoms. The van der Waals surface area contributed by atoms with Gasteiger partial charge in [-0.3, -0.25) is 9.78 Å². The summed E-state index contributed by atoms with van der Waals surface area (Å²) in [5.74, 6) is 1.39. The summed E-state index contributed by atoms with van der Waals surface area (Å²) in [7, 11) is 0. The molecule has 1 aromatic carbocycles. The lowest BCUT2D eigenvalue weighted by Crippen LogP contribution is -2.33. The highest BCUT2D eigenvalue weighted by Gasteiger charge is 2.37. The van der Waals surface area contributed by atoms with Crippen molar-refractivity contribution in [1.29, 1.82) is 0 Å². The molecule has 160 valence electrons. The van der Waals surface area contributed by atoms with Crippen LogP contribution in [0.4, 0.5) is 0 Å². The highest BCUT2D eigenvalue weighted by molar-refractivity contribution is 5.78. The first-order valence-corrected chi connectivity index (χ1v) is 11.8. The normalized spacial score (nSPS) is 24.0. The Kier molecular flexibility index (Phi) is 5.64. The Hall–Kier alpha value is -1.96. The Balaban J connectivity index is 1.65. The number of aromatic nitrogens is 1. The second-order valence-electron chi connectivity index (χ2n) is 11.0. The van der Waals surface area contributed by atoms with E-state index in [9.17, 15) is 4.79 Å². The minimum Gasteiger partial charge on any atom is -0.300 e. The first kappa shape index (κ1) is 21.3. The average Bonchev–Trinajstić information content (AvgIpc) is 2.95. The largest absolute Gasteiger partial charge is 0.300 e. The minimum atomic E-state index is 0.207. The summed E-state index contributed by atoms with van der Waals surface area (Å²) in [5, 5.41) is 0. The molecule has 30 heavy (non-hydrogen) atoms. The molecule has 0 N–H and O–H groups in total. The van der Waals surface area contributed by atoms with Crippen LogP contribution in [0, 0.1) is 5.92 Å². The van der Waals surface area contributed by atoms with Crippen LogP contribution in [0.3, 0.4) is 0 Å². The van der Waals surface area contributed by atoms with Gasteiger partial charge >= 0.3 is 0 Å². The lowest BCUT2D eigenvalue weighted by Gasteiger charge is -2.42. The van der Waals surface area contributed by atoms with Gasteiger partial charge in [0.05, 0.1) is 5.69 Å². The van der Waals surface area contributed by atoms with Crippen LogP contribution in [0.25, 0.3) is 11.3 Å². The van der Waals surface area contributed by atoms with Gasteiger partial charge in [-0.05, 0) is 78.2 Å². The monoisotopic (exact) mass is 403 g/mol. The maximum atomic E-state index is 11.8. The van der Waals surface area contributed by atoms with Gasteiger partial charge in [0.15, 0.2) is 0 Å². The van der Waals surface area contributed by atoms with Crippen molar-refractivity contribution in [3.63, 3.8) is 0 Å². The molecular weight excluding hydrogens is 366 g/mol. The molecule has 1 saturated carbocycles. The number of pyridine rings is 1. The molecule has 0 radical (unpaired) electrons. The summed E-state index contributed by atoms with van der Waals surface area (Å²) >= 11 is 0.